The van der Waals surface area contributed by atoms with Gasteiger partial charge in [-0.1, -0.05) is 0 Å². The van der Waals surface area contributed by atoms with Crippen LogP contribution >= 0.6 is 0 Å². The zero-order chi connectivity index (χ0) is 21.4. The monoisotopic (exact) mass is 437 g/mol. The zero-order valence-corrected chi connectivity index (χ0v) is 17.3. The van der Waals surface area contributed by atoms with Crippen LogP contribution < -0.4 is 23.7 Å². The van der Waals surface area contributed by atoms with Crippen LogP contribution in [0, 0.1) is 0 Å². The van der Waals surface area contributed by atoms with E-state index in [4.69, 9.17) is 23.7 Å². The number of ether oxygens (including phenoxy) is 5. The fourth-order valence-electron chi connectivity index (χ4n) is 3.94. The van der Waals surface area contributed by atoms with Crippen LogP contribution in [0.5, 0.6) is 28.7 Å². The number of likely N-dealkylation sites (N-methyl/N-ethyl adjacent to an activating group) is 1. The van der Waals surface area contributed by atoms with Gasteiger partial charge in [0.2, 0.25) is 12.5 Å². The van der Waals surface area contributed by atoms with Crippen LogP contribution in [0.1, 0.15) is 27.0 Å². The van der Waals surface area contributed by atoms with Crippen molar-refractivity contribution in [1.29, 1.82) is 0 Å². The van der Waals surface area contributed by atoms with Crippen molar-refractivity contribution in [2.45, 2.75) is 6.42 Å². The number of hydrogen-bond acceptors (Lipinski definition) is 7. The van der Waals surface area contributed by atoms with Crippen LogP contribution in [0.15, 0.2) is 18.2 Å². The molecule has 1 N–H and O–H groups in total. The first-order valence-electron chi connectivity index (χ1n) is 9.41. The molecule has 4 rings (SSSR count). The molecule has 8 nitrogen and oxygen atoms in total. The zero-order valence-electron chi connectivity index (χ0n) is 17.3. The van der Waals surface area contributed by atoms with E-state index in [1.165, 1.54) is 14.2 Å². The summed E-state index contributed by atoms with van der Waals surface area (Å²) in [5.41, 5.74) is 3.17. The van der Waals surface area contributed by atoms with Gasteiger partial charge in [-0.25, -0.2) is 4.79 Å². The molecule has 2 aliphatic heterocycles. The molecule has 2 aliphatic rings. The molecule has 160 valence electrons. The van der Waals surface area contributed by atoms with E-state index in [0.29, 0.717) is 35.1 Å². The van der Waals surface area contributed by atoms with Crippen molar-refractivity contribution in [3.05, 3.63) is 40.5 Å². The number of hydrogen-bond donors (Lipinski definition) is 1. The summed E-state index contributed by atoms with van der Waals surface area (Å²) in [7, 11) is 6.41. The molecule has 2 heterocycles. The van der Waals surface area contributed by atoms with Gasteiger partial charge in [0.25, 0.3) is 0 Å². The van der Waals surface area contributed by atoms with Gasteiger partial charge in [-0.15, -0.1) is 0 Å². The van der Waals surface area contributed by atoms with Crippen LogP contribution in [0.25, 0.3) is 11.8 Å². The predicted octanol–water partition coefficient (Wildman–Crippen LogP) is 2.48. The van der Waals surface area contributed by atoms with Crippen molar-refractivity contribution >= 4 is 47.3 Å². The molecule has 2 aromatic rings. The Morgan fingerprint density at radius 3 is 2.48 bits per heavy atom. The van der Waals surface area contributed by atoms with Crippen molar-refractivity contribution in [2.75, 3.05) is 41.7 Å². The third-order valence-corrected chi connectivity index (χ3v) is 5.39. The number of rotatable bonds is 5. The Kier molecular flexibility index (Phi) is 6.93. The first kappa shape index (κ1) is 23.1. The van der Waals surface area contributed by atoms with E-state index in [1.54, 1.807) is 19.2 Å². The molecule has 9 heteroatoms. The van der Waals surface area contributed by atoms with Crippen LogP contribution in [-0.4, -0.2) is 87.2 Å². The molecule has 2 aromatic carbocycles. The van der Waals surface area contributed by atoms with Crippen LogP contribution in [0.3, 0.4) is 0 Å². The SMILES string of the molecule is COc1ccc(C2=Cc3c(cc4c(c3OC)OCO4)CCN2C)c(C(=O)O)c1OC.[NaH]. The van der Waals surface area contributed by atoms with Gasteiger partial charge in [0, 0.05) is 30.4 Å². The summed E-state index contributed by atoms with van der Waals surface area (Å²) in [6, 6.07) is 5.40. The van der Waals surface area contributed by atoms with Crippen molar-refractivity contribution < 1.29 is 33.6 Å². The molecule has 0 unspecified atom stereocenters. The number of aromatic carboxylic acids is 1. The topological polar surface area (TPSA) is 86.7 Å². The minimum atomic E-state index is -1.10. The molecule has 0 bridgehead atoms. The molecule has 0 radical (unpaired) electrons. The molecule has 0 saturated heterocycles. The molecule has 0 amide bonds. The van der Waals surface area contributed by atoms with E-state index < -0.39 is 5.97 Å². The second-order valence-electron chi connectivity index (χ2n) is 6.95. The van der Waals surface area contributed by atoms with E-state index in [0.717, 1.165) is 23.2 Å². The Hall–Kier alpha value is -2.55. The maximum atomic E-state index is 12.2. The quantitative estimate of drug-likeness (QED) is 0.714. The van der Waals surface area contributed by atoms with Gasteiger partial charge in [-0.3, -0.25) is 0 Å². The van der Waals surface area contributed by atoms with Gasteiger partial charge in [0.15, 0.2) is 23.0 Å². The van der Waals surface area contributed by atoms with Crippen molar-refractivity contribution in [2.24, 2.45) is 0 Å². The number of carbonyl (C=O) groups is 1. The van der Waals surface area contributed by atoms with E-state index in [9.17, 15) is 9.90 Å². The van der Waals surface area contributed by atoms with Gasteiger partial charge in [-0.2, -0.15) is 0 Å². The van der Waals surface area contributed by atoms with E-state index in [-0.39, 0.29) is 47.7 Å². The predicted molar refractivity (Wildman–Crippen MR) is 117 cm³/mol. The molecule has 0 atom stereocenters. The molecule has 0 aliphatic carbocycles. The van der Waals surface area contributed by atoms with E-state index >= 15 is 0 Å². The summed E-state index contributed by atoms with van der Waals surface area (Å²) in [6.45, 7) is 0.818. The summed E-state index contributed by atoms with van der Waals surface area (Å²) < 4.78 is 27.5. The summed E-state index contributed by atoms with van der Waals surface area (Å²) in [5.74, 6) is 1.22. The van der Waals surface area contributed by atoms with Gasteiger partial charge in [0.1, 0.15) is 5.56 Å². The fourth-order valence-corrected chi connectivity index (χ4v) is 3.94. The third-order valence-electron chi connectivity index (χ3n) is 5.39. The van der Waals surface area contributed by atoms with Crippen molar-refractivity contribution in [3.63, 3.8) is 0 Å². The normalized spacial score (nSPS) is 14.1. The number of benzene rings is 2. The number of carboxylic acids is 1. The average molecular weight is 437 g/mol. The van der Waals surface area contributed by atoms with Gasteiger partial charge < -0.3 is 33.7 Å². The second-order valence-corrected chi connectivity index (χ2v) is 6.95. The molecule has 0 aromatic heterocycles. The first-order valence-corrected chi connectivity index (χ1v) is 9.41. The summed E-state index contributed by atoms with van der Waals surface area (Å²) in [5, 5.41) is 9.97. The molecule has 0 spiro atoms. The minimum absolute atomic E-state index is 0. The van der Waals surface area contributed by atoms with Crippen molar-refractivity contribution in [3.8, 4) is 28.7 Å². The van der Waals surface area contributed by atoms with Gasteiger partial charge in [0.05, 0.1) is 21.3 Å². The summed E-state index contributed by atoms with van der Waals surface area (Å²) >= 11 is 0. The summed E-state index contributed by atoms with van der Waals surface area (Å²) in [4.78, 5) is 14.2. The molecular weight excluding hydrogens is 413 g/mol. The van der Waals surface area contributed by atoms with Crippen LogP contribution in [-0.2, 0) is 6.42 Å². The number of methoxy groups -OCH3 is 3. The number of fused-ring (bicyclic) bond motifs is 2. The van der Waals surface area contributed by atoms with Crippen LogP contribution in [0.4, 0.5) is 0 Å². The number of nitrogens with zero attached hydrogens (tertiary/aromatic N) is 1. The second kappa shape index (κ2) is 9.30. The molecule has 31 heavy (non-hydrogen) atoms. The van der Waals surface area contributed by atoms with Crippen LogP contribution in [0.2, 0.25) is 0 Å². The van der Waals surface area contributed by atoms with E-state index in [1.807, 2.05) is 24.1 Å². The fraction of sp³-hybridized carbons (Fsp3) is 0.318. The molecular formula is C22H24NNaO7. The van der Waals surface area contributed by atoms with Gasteiger partial charge >= 0.3 is 35.5 Å². The number of carboxylic acid groups (broad SMARTS) is 1. The Bertz CT molecular complexity index is 1050. The first-order chi connectivity index (χ1) is 14.5. The Balaban J connectivity index is 0.00000272. The average Bonchev–Trinajstić information content (AvgIpc) is 3.15. The third kappa shape index (κ3) is 3.91. The van der Waals surface area contributed by atoms with Gasteiger partial charge in [-0.05, 0) is 36.3 Å². The summed E-state index contributed by atoms with van der Waals surface area (Å²) in [6.07, 6.45) is 2.66. The molecule has 0 saturated carbocycles. The maximum absolute atomic E-state index is 12.2. The Labute approximate surface area is 202 Å². The van der Waals surface area contributed by atoms with Crippen molar-refractivity contribution in [1.82, 2.24) is 4.90 Å². The molecule has 0 fully saturated rings. The standard InChI is InChI=1S/C22H23NO7.Na.H/c1-23-8-7-12-9-17-21(30-11-29-17)19(27-3)14(12)10-15(23)13-5-6-16(26-2)20(28-4)18(13)22(24)25;;/h5-6,9-10H,7-8,11H2,1-4H3,(H,24,25);;. The Morgan fingerprint density at radius 2 is 1.84 bits per heavy atom. The van der Waals surface area contributed by atoms with E-state index in [2.05, 4.69) is 0 Å². The Morgan fingerprint density at radius 1 is 1.10 bits per heavy atom.